The number of carbonyl (C=O) groups is 1. The Kier molecular flexibility index (Phi) is 4.71. The molecule has 124 valence electrons. The first-order chi connectivity index (χ1) is 11.6. The summed E-state index contributed by atoms with van der Waals surface area (Å²) in [6.45, 7) is 5.81. The molecule has 1 aromatic carbocycles. The van der Waals surface area contributed by atoms with E-state index >= 15 is 0 Å². The van der Waals surface area contributed by atoms with Crippen LogP contribution >= 0.6 is 11.3 Å². The zero-order chi connectivity index (χ0) is 17.1. The number of amides is 1. The fourth-order valence-corrected chi connectivity index (χ4v) is 3.26. The molecule has 0 bridgehead atoms. The van der Waals surface area contributed by atoms with Gasteiger partial charge in [0.15, 0.2) is 5.13 Å². The summed E-state index contributed by atoms with van der Waals surface area (Å²) in [7, 11) is 0. The Morgan fingerprint density at radius 3 is 2.75 bits per heavy atom. The predicted octanol–water partition coefficient (Wildman–Crippen LogP) is 4.08. The van der Waals surface area contributed by atoms with Crippen molar-refractivity contribution >= 4 is 22.4 Å². The molecule has 0 fully saturated rings. The van der Waals surface area contributed by atoms with Crippen molar-refractivity contribution in [3.8, 4) is 22.2 Å². The minimum absolute atomic E-state index is 0.0657. The zero-order valence-electron chi connectivity index (χ0n) is 13.8. The molecule has 2 aromatic heterocycles. The monoisotopic (exact) mass is 342 g/mol. The minimum atomic E-state index is -0.0657. The fraction of sp³-hybridized carbons (Fsp3) is 0.294. The van der Waals surface area contributed by atoms with E-state index in [1.54, 1.807) is 6.92 Å². The molecule has 7 heteroatoms. The first-order valence-electron chi connectivity index (χ1n) is 7.82. The lowest BCUT2D eigenvalue weighted by Gasteiger charge is -1.97. The standard InChI is InChI=1S/C17H18N4O2S/c1-4-12-14(24-17(18-12)19-13(22)5-2)16-20-15(21-23-16)11-9-7-6-8-10(11)3/h6-9H,4-5H2,1-3H3,(H,18,19,22). The molecule has 0 saturated heterocycles. The number of carbonyl (C=O) groups excluding carboxylic acids is 1. The Bertz CT molecular complexity index is 869. The summed E-state index contributed by atoms with van der Waals surface area (Å²) in [5.74, 6) is 0.918. The average Bonchev–Trinajstić information content (AvgIpc) is 3.21. The van der Waals surface area contributed by atoms with E-state index in [-0.39, 0.29) is 5.91 Å². The second-order valence-electron chi connectivity index (χ2n) is 5.29. The third-order valence-electron chi connectivity index (χ3n) is 3.61. The van der Waals surface area contributed by atoms with Crippen LogP contribution in [0.5, 0.6) is 0 Å². The van der Waals surface area contributed by atoms with E-state index < -0.39 is 0 Å². The lowest BCUT2D eigenvalue weighted by Crippen LogP contribution is -2.08. The molecule has 0 radical (unpaired) electrons. The molecule has 0 aliphatic heterocycles. The lowest BCUT2D eigenvalue weighted by atomic mass is 10.1. The van der Waals surface area contributed by atoms with Crippen LogP contribution in [0.2, 0.25) is 0 Å². The van der Waals surface area contributed by atoms with Gasteiger partial charge in [0.25, 0.3) is 5.89 Å². The number of nitrogens with one attached hydrogen (secondary N) is 1. The first-order valence-corrected chi connectivity index (χ1v) is 8.63. The number of hydrogen-bond acceptors (Lipinski definition) is 6. The maximum Gasteiger partial charge on any atom is 0.270 e. The molecule has 1 N–H and O–H groups in total. The van der Waals surface area contributed by atoms with Gasteiger partial charge in [-0.1, -0.05) is 54.6 Å². The van der Waals surface area contributed by atoms with E-state index in [2.05, 4.69) is 20.4 Å². The number of aryl methyl sites for hydroxylation is 2. The van der Waals surface area contributed by atoms with E-state index in [1.807, 2.05) is 38.1 Å². The highest BCUT2D eigenvalue weighted by Crippen LogP contribution is 2.34. The van der Waals surface area contributed by atoms with Crippen LogP contribution in [-0.2, 0) is 11.2 Å². The molecule has 3 aromatic rings. The minimum Gasteiger partial charge on any atom is -0.333 e. The molecule has 0 saturated carbocycles. The molecule has 0 aliphatic rings. The Hall–Kier alpha value is -2.54. The van der Waals surface area contributed by atoms with Crippen molar-refractivity contribution in [3.05, 3.63) is 35.5 Å². The van der Waals surface area contributed by atoms with Gasteiger partial charge in [-0.3, -0.25) is 4.79 Å². The normalized spacial score (nSPS) is 10.8. The molecule has 24 heavy (non-hydrogen) atoms. The van der Waals surface area contributed by atoms with Crippen molar-refractivity contribution in [1.82, 2.24) is 15.1 Å². The number of nitrogens with zero attached hydrogens (tertiary/aromatic N) is 3. The smallest absolute Gasteiger partial charge is 0.270 e. The highest BCUT2D eigenvalue weighted by molar-refractivity contribution is 7.19. The van der Waals surface area contributed by atoms with Gasteiger partial charge in [-0.25, -0.2) is 4.98 Å². The van der Waals surface area contributed by atoms with Crippen LogP contribution in [0, 0.1) is 6.92 Å². The Labute approximate surface area is 143 Å². The fourth-order valence-electron chi connectivity index (χ4n) is 2.27. The van der Waals surface area contributed by atoms with Crippen molar-refractivity contribution in [3.63, 3.8) is 0 Å². The quantitative estimate of drug-likeness (QED) is 0.755. The molecule has 0 spiro atoms. The molecular formula is C17H18N4O2S. The highest BCUT2D eigenvalue weighted by atomic mass is 32.1. The summed E-state index contributed by atoms with van der Waals surface area (Å²) < 4.78 is 5.44. The van der Waals surface area contributed by atoms with Gasteiger partial charge < -0.3 is 9.84 Å². The Morgan fingerprint density at radius 1 is 1.25 bits per heavy atom. The first kappa shape index (κ1) is 16.3. The van der Waals surface area contributed by atoms with Crippen LogP contribution in [0.15, 0.2) is 28.8 Å². The highest BCUT2D eigenvalue weighted by Gasteiger charge is 2.19. The third kappa shape index (κ3) is 3.21. The van der Waals surface area contributed by atoms with Crippen LogP contribution in [0.4, 0.5) is 5.13 Å². The molecule has 0 aliphatic carbocycles. The van der Waals surface area contributed by atoms with Gasteiger partial charge in [-0.05, 0) is 18.9 Å². The maximum absolute atomic E-state index is 11.6. The summed E-state index contributed by atoms with van der Waals surface area (Å²) in [4.78, 5) is 21.3. The molecule has 1 amide bonds. The Morgan fingerprint density at radius 2 is 2.04 bits per heavy atom. The number of thiazole rings is 1. The van der Waals surface area contributed by atoms with Gasteiger partial charge in [0.2, 0.25) is 11.7 Å². The van der Waals surface area contributed by atoms with Crippen LogP contribution in [0.1, 0.15) is 31.5 Å². The lowest BCUT2D eigenvalue weighted by molar-refractivity contribution is -0.115. The predicted molar refractivity (Wildman–Crippen MR) is 93.9 cm³/mol. The van der Waals surface area contributed by atoms with E-state index in [0.29, 0.717) is 23.3 Å². The van der Waals surface area contributed by atoms with Gasteiger partial charge in [0.05, 0.1) is 5.69 Å². The van der Waals surface area contributed by atoms with E-state index in [0.717, 1.165) is 28.1 Å². The molecule has 2 heterocycles. The number of aromatic nitrogens is 3. The van der Waals surface area contributed by atoms with Crippen LogP contribution in [-0.4, -0.2) is 21.0 Å². The number of rotatable bonds is 5. The van der Waals surface area contributed by atoms with Crippen molar-refractivity contribution in [2.75, 3.05) is 5.32 Å². The molecule has 0 atom stereocenters. The van der Waals surface area contributed by atoms with Crippen LogP contribution in [0.25, 0.3) is 22.2 Å². The molecule has 0 unspecified atom stereocenters. The summed E-state index contributed by atoms with van der Waals surface area (Å²) in [5.41, 5.74) is 2.86. The average molecular weight is 342 g/mol. The summed E-state index contributed by atoms with van der Waals surface area (Å²) in [6.07, 6.45) is 1.13. The number of hydrogen-bond donors (Lipinski definition) is 1. The van der Waals surface area contributed by atoms with E-state index in [9.17, 15) is 4.79 Å². The van der Waals surface area contributed by atoms with Gasteiger partial charge >= 0.3 is 0 Å². The topological polar surface area (TPSA) is 80.9 Å². The van der Waals surface area contributed by atoms with Crippen molar-refractivity contribution < 1.29 is 9.32 Å². The number of benzene rings is 1. The maximum atomic E-state index is 11.6. The van der Waals surface area contributed by atoms with Crippen molar-refractivity contribution in [1.29, 1.82) is 0 Å². The summed E-state index contributed by atoms with van der Waals surface area (Å²) in [6, 6.07) is 7.89. The third-order valence-corrected chi connectivity index (χ3v) is 4.61. The van der Waals surface area contributed by atoms with E-state index in [4.69, 9.17) is 4.52 Å². The van der Waals surface area contributed by atoms with E-state index in [1.165, 1.54) is 11.3 Å². The van der Waals surface area contributed by atoms with Crippen molar-refractivity contribution in [2.24, 2.45) is 0 Å². The largest absolute Gasteiger partial charge is 0.333 e. The van der Waals surface area contributed by atoms with Gasteiger partial charge in [-0.2, -0.15) is 4.98 Å². The second-order valence-corrected chi connectivity index (χ2v) is 6.29. The molecular weight excluding hydrogens is 324 g/mol. The van der Waals surface area contributed by atoms with Crippen LogP contribution < -0.4 is 5.32 Å². The van der Waals surface area contributed by atoms with Crippen molar-refractivity contribution in [2.45, 2.75) is 33.6 Å². The zero-order valence-corrected chi connectivity index (χ0v) is 14.6. The molecule has 6 nitrogen and oxygen atoms in total. The summed E-state index contributed by atoms with van der Waals surface area (Å²) in [5, 5.41) is 7.43. The van der Waals surface area contributed by atoms with Crippen LogP contribution in [0.3, 0.4) is 0 Å². The second kappa shape index (κ2) is 6.92. The van der Waals surface area contributed by atoms with Gasteiger partial charge in [0.1, 0.15) is 4.88 Å². The van der Waals surface area contributed by atoms with Gasteiger partial charge in [-0.15, -0.1) is 0 Å². The molecule has 3 rings (SSSR count). The number of anilines is 1. The SMILES string of the molecule is CCC(=O)Nc1nc(CC)c(-c2nc(-c3ccccc3C)no2)s1. The summed E-state index contributed by atoms with van der Waals surface area (Å²) >= 11 is 1.35. The Balaban J connectivity index is 1.95. The van der Waals surface area contributed by atoms with Gasteiger partial charge in [0, 0.05) is 12.0 Å².